The lowest BCUT2D eigenvalue weighted by Crippen LogP contribution is -2.48. The maximum atomic E-state index is 13.3. The summed E-state index contributed by atoms with van der Waals surface area (Å²) in [4.78, 5) is 26.1. The number of nitrogens with one attached hydrogen (secondary N) is 2. The molecule has 0 aliphatic heterocycles. The molecule has 40 heavy (non-hydrogen) atoms. The Bertz CT molecular complexity index is 1460. The Morgan fingerprint density at radius 1 is 0.875 bits per heavy atom. The van der Waals surface area contributed by atoms with E-state index in [1.54, 1.807) is 6.21 Å². The summed E-state index contributed by atoms with van der Waals surface area (Å²) in [7, 11) is 0. The third-order valence-corrected chi connectivity index (χ3v) is 6.45. The second kappa shape index (κ2) is 13.9. The van der Waals surface area contributed by atoms with E-state index in [9.17, 15) is 9.59 Å². The van der Waals surface area contributed by atoms with Gasteiger partial charge in [0.25, 0.3) is 11.8 Å². The number of aryl methyl sites for hydroxylation is 2. The van der Waals surface area contributed by atoms with Gasteiger partial charge in [-0.3, -0.25) is 9.59 Å². The normalized spacial score (nSPS) is 11.8. The molecule has 0 bridgehead atoms. The monoisotopic (exact) mass is 537 g/mol. The van der Waals surface area contributed by atoms with Crippen LogP contribution in [0.2, 0.25) is 0 Å². The van der Waals surface area contributed by atoms with E-state index < -0.39 is 17.9 Å². The molecule has 2 amide bonds. The van der Waals surface area contributed by atoms with Crippen LogP contribution in [0.4, 0.5) is 0 Å². The predicted octanol–water partition coefficient (Wildman–Crippen LogP) is 5.50. The van der Waals surface area contributed by atoms with Gasteiger partial charge in [0.1, 0.15) is 17.5 Å². The molecule has 0 saturated carbocycles. The third-order valence-electron chi connectivity index (χ3n) is 6.45. The number of carbonyl (C=O) groups is 2. The number of ether oxygens (including phenoxy) is 2. The topological polar surface area (TPSA) is 89.0 Å². The number of para-hydroxylation sites is 1. The molecule has 4 rings (SSSR count). The van der Waals surface area contributed by atoms with Gasteiger partial charge in [0.2, 0.25) is 0 Å². The van der Waals surface area contributed by atoms with Crippen molar-refractivity contribution in [1.29, 1.82) is 0 Å². The van der Waals surface area contributed by atoms with Crippen LogP contribution in [0.1, 0.15) is 35.6 Å². The van der Waals surface area contributed by atoms with Crippen LogP contribution in [-0.2, 0) is 16.0 Å². The first-order chi connectivity index (χ1) is 19.5. The van der Waals surface area contributed by atoms with Crippen LogP contribution in [0.5, 0.6) is 11.5 Å². The molecule has 7 heteroatoms. The minimum Gasteiger partial charge on any atom is -0.493 e. The molecule has 1 atom stereocenters. The van der Waals surface area contributed by atoms with Crippen LogP contribution < -0.4 is 20.2 Å². The second-order valence-electron chi connectivity index (χ2n) is 9.60. The number of amides is 2. The molecule has 0 aliphatic rings. The van der Waals surface area contributed by atoms with E-state index in [0.717, 1.165) is 39.4 Å². The quantitative estimate of drug-likeness (QED) is 0.184. The maximum absolute atomic E-state index is 13.3. The van der Waals surface area contributed by atoms with Crippen molar-refractivity contribution in [3.8, 4) is 11.5 Å². The largest absolute Gasteiger partial charge is 0.493 e. The molecule has 0 saturated heterocycles. The van der Waals surface area contributed by atoms with Crippen molar-refractivity contribution in [3.05, 3.63) is 107 Å². The zero-order valence-corrected chi connectivity index (χ0v) is 23.1. The molecule has 7 nitrogen and oxygen atoms in total. The van der Waals surface area contributed by atoms with E-state index in [2.05, 4.69) is 15.8 Å². The van der Waals surface area contributed by atoms with Crippen molar-refractivity contribution in [2.24, 2.45) is 5.10 Å². The molecule has 0 aromatic heterocycles. The molecule has 0 aliphatic carbocycles. The lowest BCUT2D eigenvalue weighted by Gasteiger charge is -2.18. The fraction of sp³-hybridized carbons (Fsp3) is 0.242. The molecule has 4 aromatic rings. The fourth-order valence-electron chi connectivity index (χ4n) is 4.44. The van der Waals surface area contributed by atoms with Gasteiger partial charge in [-0.1, -0.05) is 85.8 Å². The minimum absolute atomic E-state index is 0.207. The van der Waals surface area contributed by atoms with Crippen molar-refractivity contribution in [3.63, 3.8) is 0 Å². The molecule has 0 spiro atoms. The van der Waals surface area contributed by atoms with Crippen LogP contribution >= 0.6 is 0 Å². The van der Waals surface area contributed by atoms with E-state index >= 15 is 0 Å². The van der Waals surface area contributed by atoms with Crippen molar-refractivity contribution in [1.82, 2.24) is 10.7 Å². The lowest BCUT2D eigenvalue weighted by atomic mass is 10.0. The van der Waals surface area contributed by atoms with E-state index in [1.807, 2.05) is 106 Å². The van der Waals surface area contributed by atoms with E-state index in [1.165, 1.54) is 0 Å². The minimum atomic E-state index is -0.850. The zero-order valence-electron chi connectivity index (χ0n) is 23.1. The molecule has 206 valence electrons. The zero-order chi connectivity index (χ0) is 28.3. The van der Waals surface area contributed by atoms with Gasteiger partial charge in [-0.2, -0.15) is 5.10 Å². The van der Waals surface area contributed by atoms with Gasteiger partial charge in [0.05, 0.1) is 12.8 Å². The van der Waals surface area contributed by atoms with Crippen LogP contribution in [0.3, 0.4) is 0 Å². The molecule has 0 fully saturated rings. The number of rotatable bonds is 12. The predicted molar refractivity (Wildman–Crippen MR) is 159 cm³/mol. The number of benzene rings is 4. The van der Waals surface area contributed by atoms with Crippen LogP contribution in [0.15, 0.2) is 90.0 Å². The number of fused-ring (bicyclic) bond motifs is 1. The van der Waals surface area contributed by atoms with E-state index in [-0.39, 0.29) is 6.61 Å². The maximum Gasteiger partial charge on any atom is 0.262 e. The molecule has 0 unspecified atom stereocenters. The SMILES string of the molecule is CCCOc1ccc2ccccc2c1/C=N\NC(=O)[C@@H](Cc1ccccc1)NC(=O)COc1c(C)cccc1C. The van der Waals surface area contributed by atoms with Crippen molar-refractivity contribution in [2.45, 2.75) is 39.7 Å². The molecule has 4 aromatic carbocycles. The molecular formula is C33H35N3O4. The van der Waals surface area contributed by atoms with Crippen LogP contribution in [0.25, 0.3) is 10.8 Å². The Morgan fingerprint density at radius 2 is 1.60 bits per heavy atom. The standard InChI is InChI=1S/C33H35N3O4/c1-4-19-39-30-18-17-26-15-8-9-16-27(26)28(30)21-34-36-33(38)29(20-25-13-6-5-7-14-25)35-31(37)22-40-32-23(2)11-10-12-24(32)3/h5-18,21,29H,4,19-20,22H2,1-3H3,(H,35,37)(H,36,38)/b34-21-/t29-/m1/s1. The average Bonchev–Trinajstić information content (AvgIpc) is 2.96. The van der Waals surface area contributed by atoms with Crippen LogP contribution in [0, 0.1) is 13.8 Å². The fourth-order valence-corrected chi connectivity index (χ4v) is 4.44. The van der Waals surface area contributed by atoms with Crippen LogP contribution in [-0.4, -0.2) is 37.3 Å². The van der Waals surface area contributed by atoms with Crippen molar-refractivity contribution < 1.29 is 19.1 Å². The number of hydrogen-bond donors (Lipinski definition) is 2. The summed E-state index contributed by atoms with van der Waals surface area (Å²) >= 11 is 0. The first-order valence-electron chi connectivity index (χ1n) is 13.5. The van der Waals surface area contributed by atoms with Gasteiger partial charge in [-0.25, -0.2) is 5.43 Å². The summed E-state index contributed by atoms with van der Waals surface area (Å²) < 4.78 is 11.7. The number of carbonyl (C=O) groups excluding carboxylic acids is 2. The highest BCUT2D eigenvalue weighted by Gasteiger charge is 2.22. The first-order valence-corrected chi connectivity index (χ1v) is 13.5. The van der Waals surface area contributed by atoms with Gasteiger partial charge in [-0.15, -0.1) is 0 Å². The van der Waals surface area contributed by atoms with Gasteiger partial charge in [0, 0.05) is 12.0 Å². The highest BCUT2D eigenvalue weighted by molar-refractivity contribution is 6.02. The molecular weight excluding hydrogens is 502 g/mol. The van der Waals surface area contributed by atoms with Crippen molar-refractivity contribution in [2.75, 3.05) is 13.2 Å². The highest BCUT2D eigenvalue weighted by Crippen LogP contribution is 2.27. The molecule has 2 N–H and O–H groups in total. The summed E-state index contributed by atoms with van der Waals surface area (Å²) in [6.07, 6.45) is 2.77. The molecule has 0 radical (unpaired) electrons. The summed E-state index contributed by atoms with van der Waals surface area (Å²) in [5.74, 6) is 0.530. The summed E-state index contributed by atoms with van der Waals surface area (Å²) in [5, 5.41) is 9.08. The van der Waals surface area contributed by atoms with Gasteiger partial charge in [-0.05, 0) is 53.8 Å². The first kappa shape index (κ1) is 28.4. The Morgan fingerprint density at radius 3 is 2.35 bits per heavy atom. The summed E-state index contributed by atoms with van der Waals surface area (Å²) in [6, 6.07) is 26.3. The Balaban J connectivity index is 1.49. The number of hydrogen-bond acceptors (Lipinski definition) is 5. The average molecular weight is 538 g/mol. The highest BCUT2D eigenvalue weighted by atomic mass is 16.5. The third kappa shape index (κ3) is 7.47. The Labute approximate surface area is 235 Å². The van der Waals surface area contributed by atoms with Gasteiger partial charge in [0.15, 0.2) is 6.61 Å². The Kier molecular flexibility index (Phi) is 9.88. The second-order valence-corrected chi connectivity index (χ2v) is 9.60. The smallest absolute Gasteiger partial charge is 0.262 e. The van der Waals surface area contributed by atoms with E-state index in [0.29, 0.717) is 24.5 Å². The molecule has 0 heterocycles. The number of nitrogens with zero attached hydrogens (tertiary/aromatic N) is 1. The summed E-state index contributed by atoms with van der Waals surface area (Å²) in [6.45, 7) is 6.27. The van der Waals surface area contributed by atoms with Gasteiger partial charge >= 0.3 is 0 Å². The lowest BCUT2D eigenvalue weighted by molar-refractivity contribution is -0.130. The van der Waals surface area contributed by atoms with Crippen molar-refractivity contribution >= 4 is 28.8 Å². The van der Waals surface area contributed by atoms with E-state index in [4.69, 9.17) is 9.47 Å². The number of hydrazone groups is 1. The Hall–Kier alpha value is -4.65. The summed E-state index contributed by atoms with van der Waals surface area (Å²) in [5.41, 5.74) is 6.18. The van der Waals surface area contributed by atoms with Gasteiger partial charge < -0.3 is 14.8 Å².